The number of carbonyl (C=O) groups is 1. The van der Waals surface area contributed by atoms with E-state index in [2.05, 4.69) is 5.10 Å². The monoisotopic (exact) mass is 395 g/mol. The highest BCUT2D eigenvalue weighted by molar-refractivity contribution is 7.89. The molecule has 1 saturated carbocycles. The minimum Gasteiger partial charge on any atom is -0.305 e. The summed E-state index contributed by atoms with van der Waals surface area (Å²) in [7, 11) is -3.41. The van der Waals surface area contributed by atoms with E-state index in [1.165, 1.54) is 6.20 Å². The molecule has 1 aliphatic carbocycles. The average molecular weight is 395 g/mol. The number of hydrogen-bond donors (Lipinski definition) is 0. The van der Waals surface area contributed by atoms with Crippen LogP contribution in [0.2, 0.25) is 0 Å². The number of benzene rings is 2. The number of nitrogens with zero attached hydrogens (tertiary/aromatic N) is 3. The predicted molar refractivity (Wildman–Crippen MR) is 109 cm³/mol. The van der Waals surface area contributed by atoms with E-state index >= 15 is 0 Å². The maximum atomic E-state index is 13.1. The Hall–Kier alpha value is -2.93. The highest BCUT2D eigenvalue weighted by atomic mass is 32.2. The van der Waals surface area contributed by atoms with Gasteiger partial charge in [-0.15, -0.1) is 0 Å². The van der Waals surface area contributed by atoms with E-state index in [4.69, 9.17) is 0 Å². The first-order valence-electron chi connectivity index (χ1n) is 9.27. The summed E-state index contributed by atoms with van der Waals surface area (Å²) in [5.74, 6) is -0.0442. The maximum Gasteiger partial charge on any atom is 0.258 e. The Kier molecular flexibility index (Phi) is 4.77. The normalized spacial score (nSPS) is 14.0. The molecule has 0 unspecified atom stereocenters. The molecule has 0 bridgehead atoms. The van der Waals surface area contributed by atoms with Crippen molar-refractivity contribution in [3.63, 3.8) is 0 Å². The first-order valence-corrected chi connectivity index (χ1v) is 10.9. The summed E-state index contributed by atoms with van der Waals surface area (Å²) in [5, 5.41) is 4.15. The molecule has 4 rings (SSSR count). The molecule has 1 heterocycles. The Morgan fingerprint density at radius 3 is 2.36 bits per heavy atom. The molecule has 0 atom stereocenters. The Balaban J connectivity index is 1.59. The average Bonchev–Trinajstić information content (AvgIpc) is 3.42. The zero-order valence-electron chi connectivity index (χ0n) is 15.5. The van der Waals surface area contributed by atoms with Crippen molar-refractivity contribution in [2.45, 2.75) is 25.8 Å². The van der Waals surface area contributed by atoms with Crippen molar-refractivity contribution in [1.82, 2.24) is 9.19 Å². The molecular formula is C21H21N3O3S. The Labute approximate surface area is 164 Å². The van der Waals surface area contributed by atoms with Crippen molar-refractivity contribution >= 4 is 21.6 Å². The van der Waals surface area contributed by atoms with E-state index in [9.17, 15) is 13.2 Å². The second kappa shape index (κ2) is 7.24. The third kappa shape index (κ3) is 3.57. The Bertz CT molecular complexity index is 1090. The van der Waals surface area contributed by atoms with Gasteiger partial charge in [0.15, 0.2) is 0 Å². The summed E-state index contributed by atoms with van der Waals surface area (Å²) in [4.78, 5) is 14.9. The van der Waals surface area contributed by atoms with Crippen molar-refractivity contribution in [2.24, 2.45) is 0 Å². The van der Waals surface area contributed by atoms with Crippen LogP contribution >= 0.6 is 0 Å². The molecule has 6 nitrogen and oxygen atoms in total. The largest absolute Gasteiger partial charge is 0.305 e. The molecule has 3 aromatic rings. The van der Waals surface area contributed by atoms with Gasteiger partial charge in [-0.25, -0.2) is 8.42 Å². The molecule has 1 aromatic heterocycles. The fraction of sp³-hybridized carbons (Fsp3) is 0.238. The molecule has 0 saturated heterocycles. The van der Waals surface area contributed by atoms with E-state index in [1.54, 1.807) is 37.3 Å². The van der Waals surface area contributed by atoms with Gasteiger partial charge in [-0.2, -0.15) is 9.19 Å². The molecule has 1 amide bonds. The van der Waals surface area contributed by atoms with Crippen molar-refractivity contribution in [1.29, 1.82) is 0 Å². The van der Waals surface area contributed by atoms with Gasteiger partial charge in [-0.1, -0.05) is 30.3 Å². The highest BCUT2D eigenvalue weighted by Gasteiger charge is 2.34. The Morgan fingerprint density at radius 1 is 1.07 bits per heavy atom. The van der Waals surface area contributed by atoms with E-state index in [-0.39, 0.29) is 17.7 Å². The van der Waals surface area contributed by atoms with Crippen LogP contribution in [-0.4, -0.2) is 35.3 Å². The second-order valence-electron chi connectivity index (χ2n) is 6.79. The van der Waals surface area contributed by atoms with E-state index < -0.39 is 10.0 Å². The summed E-state index contributed by atoms with van der Waals surface area (Å²) in [5.41, 5.74) is 2.82. The predicted octanol–water partition coefficient (Wildman–Crippen LogP) is 3.56. The molecule has 7 heteroatoms. The molecule has 0 aliphatic heterocycles. The number of rotatable bonds is 6. The van der Waals surface area contributed by atoms with E-state index in [0.717, 1.165) is 28.2 Å². The fourth-order valence-electron chi connectivity index (χ4n) is 3.09. The van der Waals surface area contributed by atoms with Crippen LogP contribution in [0.5, 0.6) is 0 Å². The van der Waals surface area contributed by atoms with Gasteiger partial charge in [0, 0.05) is 29.1 Å². The van der Waals surface area contributed by atoms with Crippen LogP contribution < -0.4 is 4.90 Å². The first-order chi connectivity index (χ1) is 13.5. The fourth-order valence-corrected chi connectivity index (χ4v) is 3.81. The number of hydrogen-bond acceptors (Lipinski definition) is 4. The molecule has 2 aromatic carbocycles. The van der Waals surface area contributed by atoms with E-state index in [1.807, 2.05) is 35.2 Å². The number of amides is 1. The van der Waals surface area contributed by atoms with Gasteiger partial charge in [-0.3, -0.25) is 4.79 Å². The van der Waals surface area contributed by atoms with Crippen LogP contribution in [0.15, 0.2) is 66.9 Å². The molecule has 28 heavy (non-hydrogen) atoms. The minimum absolute atomic E-state index is 0.0158. The minimum atomic E-state index is -3.41. The lowest BCUT2D eigenvalue weighted by molar-refractivity contribution is 0.0985. The van der Waals surface area contributed by atoms with Crippen LogP contribution in [0.4, 0.5) is 5.69 Å². The molecule has 144 valence electrons. The quantitative estimate of drug-likeness (QED) is 0.640. The number of aromatic nitrogens is 2. The van der Waals surface area contributed by atoms with Gasteiger partial charge in [-0.05, 0) is 50.1 Å². The van der Waals surface area contributed by atoms with Crippen LogP contribution in [-0.2, 0) is 10.0 Å². The zero-order chi connectivity index (χ0) is 19.7. The second-order valence-corrected chi connectivity index (χ2v) is 8.91. The third-order valence-corrected chi connectivity index (χ3v) is 6.31. The summed E-state index contributed by atoms with van der Waals surface area (Å²) in [6.07, 6.45) is 3.47. The topological polar surface area (TPSA) is 72.3 Å². The summed E-state index contributed by atoms with van der Waals surface area (Å²) < 4.78 is 24.8. The van der Waals surface area contributed by atoms with Crippen LogP contribution in [0.25, 0.3) is 11.3 Å². The van der Waals surface area contributed by atoms with Crippen LogP contribution in [0.1, 0.15) is 30.1 Å². The van der Waals surface area contributed by atoms with E-state index in [0.29, 0.717) is 11.3 Å². The SMILES string of the molecule is CCS(=O)(=O)n1ccc(-c2ccc(C(=O)N(c3ccccc3)C3CC3)cc2)n1. The van der Waals surface area contributed by atoms with Gasteiger partial charge >= 0.3 is 0 Å². The van der Waals surface area contributed by atoms with Gasteiger partial charge < -0.3 is 4.90 Å². The van der Waals surface area contributed by atoms with Gasteiger partial charge in [0.1, 0.15) is 0 Å². The van der Waals surface area contributed by atoms with Crippen molar-refractivity contribution in [3.8, 4) is 11.3 Å². The lowest BCUT2D eigenvalue weighted by atomic mass is 10.1. The summed E-state index contributed by atoms with van der Waals surface area (Å²) >= 11 is 0. The molecule has 0 N–H and O–H groups in total. The molecular weight excluding hydrogens is 374 g/mol. The first kappa shape index (κ1) is 18.4. The van der Waals surface area contributed by atoms with Crippen molar-refractivity contribution < 1.29 is 13.2 Å². The lowest BCUT2D eigenvalue weighted by Crippen LogP contribution is -2.32. The number of para-hydroxylation sites is 1. The van der Waals surface area contributed by atoms with Gasteiger partial charge in [0.25, 0.3) is 15.9 Å². The van der Waals surface area contributed by atoms with Gasteiger partial charge in [0.05, 0.1) is 11.4 Å². The number of carbonyl (C=O) groups excluding carboxylic acids is 1. The Morgan fingerprint density at radius 2 is 1.75 bits per heavy atom. The van der Waals surface area contributed by atoms with Gasteiger partial charge in [0.2, 0.25) is 0 Å². The third-order valence-electron chi connectivity index (χ3n) is 4.81. The highest BCUT2D eigenvalue weighted by Crippen LogP contribution is 2.33. The molecule has 1 fully saturated rings. The zero-order valence-corrected chi connectivity index (χ0v) is 16.3. The smallest absolute Gasteiger partial charge is 0.258 e. The molecule has 0 radical (unpaired) electrons. The maximum absolute atomic E-state index is 13.1. The molecule has 0 spiro atoms. The van der Waals surface area contributed by atoms with Crippen molar-refractivity contribution in [2.75, 3.05) is 10.7 Å². The van der Waals surface area contributed by atoms with Crippen LogP contribution in [0, 0.1) is 0 Å². The lowest BCUT2D eigenvalue weighted by Gasteiger charge is -2.22. The van der Waals surface area contributed by atoms with Crippen LogP contribution in [0.3, 0.4) is 0 Å². The molecule has 1 aliphatic rings. The summed E-state index contributed by atoms with van der Waals surface area (Å²) in [6.45, 7) is 1.58. The summed E-state index contributed by atoms with van der Waals surface area (Å²) in [6, 6.07) is 18.7. The number of anilines is 1. The van der Waals surface area contributed by atoms with Crippen molar-refractivity contribution in [3.05, 3.63) is 72.4 Å². The standard InChI is InChI=1S/C21H21N3O3S/c1-2-28(26,27)23-15-14-20(22-23)16-8-10-17(11-9-16)21(25)24(19-12-13-19)18-6-4-3-5-7-18/h3-11,14-15,19H,2,12-13H2,1H3.